The van der Waals surface area contributed by atoms with Crippen molar-refractivity contribution >= 4 is 21.1 Å². The van der Waals surface area contributed by atoms with Crippen LogP contribution in [0.25, 0.3) is 10.9 Å². The summed E-state index contributed by atoms with van der Waals surface area (Å²) in [5.74, 6) is 0. The average Bonchev–Trinajstić information content (AvgIpc) is 3.36. The Kier molecular flexibility index (Phi) is 4.03. The molecule has 0 unspecified atom stereocenters. The monoisotopic (exact) mass is 382 g/mol. The minimum absolute atomic E-state index is 0.423. The molecule has 1 N–H and O–H groups in total. The number of pyridine rings is 1. The topological polar surface area (TPSA) is 69.3 Å². The van der Waals surface area contributed by atoms with Gasteiger partial charge in [0.2, 0.25) is 0 Å². The van der Waals surface area contributed by atoms with E-state index in [1.54, 1.807) is 14.8 Å². The number of nitrogens with zero attached hydrogens (tertiary/aromatic N) is 3. The maximum absolute atomic E-state index is 13.4. The fraction of sp³-hybridized carbons (Fsp3) is 0.350. The number of H-pyrrole nitrogens is 1. The van der Waals surface area contributed by atoms with Gasteiger partial charge in [-0.25, -0.2) is 0 Å². The Balaban J connectivity index is 1.68. The second kappa shape index (κ2) is 6.44. The van der Waals surface area contributed by atoms with Crippen molar-refractivity contribution in [3.8, 4) is 0 Å². The van der Waals surface area contributed by atoms with Crippen molar-refractivity contribution in [1.29, 1.82) is 0 Å². The summed E-state index contributed by atoms with van der Waals surface area (Å²) in [6.45, 7) is 1.68. The van der Waals surface area contributed by atoms with Crippen LogP contribution in [0, 0.1) is 0 Å². The molecule has 0 bridgehead atoms. The third kappa shape index (κ3) is 2.69. The molecule has 0 amide bonds. The number of nitrogens with one attached hydrogen (secondary N) is 1. The number of fused-ring (bicyclic) bond motifs is 3. The Morgan fingerprint density at radius 1 is 1.00 bits per heavy atom. The molecular formula is C20H22N4O2S. The van der Waals surface area contributed by atoms with Gasteiger partial charge in [-0.1, -0.05) is 24.3 Å². The Bertz CT molecular complexity index is 1070. The zero-order valence-corrected chi connectivity index (χ0v) is 15.8. The Labute approximate surface area is 159 Å². The van der Waals surface area contributed by atoms with Gasteiger partial charge in [0.05, 0.1) is 5.69 Å². The van der Waals surface area contributed by atoms with E-state index in [2.05, 4.69) is 16.0 Å². The first-order chi connectivity index (χ1) is 13.2. The van der Waals surface area contributed by atoms with E-state index in [1.165, 1.54) is 10.9 Å². The molecule has 7 heteroatoms. The summed E-state index contributed by atoms with van der Waals surface area (Å²) in [4.78, 5) is 8.01. The summed E-state index contributed by atoms with van der Waals surface area (Å²) in [6, 6.07) is 13.4. The second-order valence-corrected chi connectivity index (χ2v) is 9.08. The van der Waals surface area contributed by atoms with Crippen molar-refractivity contribution in [3.05, 3.63) is 65.6 Å². The van der Waals surface area contributed by atoms with Crippen LogP contribution in [0.1, 0.15) is 35.8 Å². The molecule has 1 aromatic carbocycles. The molecule has 1 fully saturated rings. The zero-order chi connectivity index (χ0) is 18.4. The van der Waals surface area contributed by atoms with E-state index >= 15 is 0 Å². The van der Waals surface area contributed by atoms with E-state index in [9.17, 15) is 8.42 Å². The molecule has 2 aliphatic rings. The molecule has 0 radical (unpaired) electrons. The molecule has 5 rings (SSSR count). The molecule has 3 aromatic rings. The summed E-state index contributed by atoms with van der Waals surface area (Å²) >= 11 is 0. The van der Waals surface area contributed by atoms with Crippen molar-refractivity contribution < 1.29 is 8.42 Å². The minimum Gasteiger partial charge on any atom is -0.356 e. The molecule has 0 spiro atoms. The Morgan fingerprint density at radius 2 is 1.78 bits per heavy atom. The van der Waals surface area contributed by atoms with Gasteiger partial charge in [-0.15, -0.1) is 0 Å². The number of hydrogen-bond donors (Lipinski definition) is 1. The van der Waals surface area contributed by atoms with Crippen LogP contribution in [0.3, 0.4) is 0 Å². The standard InChI is InChI=1S/C20H22N4O2S/c25-27(26,23-12-5-6-13-23)24-14-10-16-15-7-1-2-8-17(15)22-19(16)20(24)18-9-3-4-11-21-18/h1-4,7-9,11,20,22H,5-6,10,12-14H2/t20-/m1/s1. The van der Waals surface area contributed by atoms with Gasteiger partial charge in [0.25, 0.3) is 10.2 Å². The smallest absolute Gasteiger partial charge is 0.282 e. The molecule has 140 valence electrons. The highest BCUT2D eigenvalue weighted by Gasteiger charge is 2.42. The van der Waals surface area contributed by atoms with Crippen LogP contribution in [0.2, 0.25) is 0 Å². The average molecular weight is 382 g/mol. The molecule has 4 heterocycles. The van der Waals surface area contributed by atoms with E-state index in [0.29, 0.717) is 26.1 Å². The summed E-state index contributed by atoms with van der Waals surface area (Å²) in [5, 5.41) is 1.17. The largest absolute Gasteiger partial charge is 0.356 e. The van der Waals surface area contributed by atoms with Crippen molar-refractivity contribution in [3.63, 3.8) is 0 Å². The lowest BCUT2D eigenvalue weighted by atomic mass is 9.97. The lowest BCUT2D eigenvalue weighted by Crippen LogP contribution is -2.47. The number of rotatable bonds is 3. The zero-order valence-electron chi connectivity index (χ0n) is 15.0. The highest BCUT2D eigenvalue weighted by atomic mass is 32.2. The van der Waals surface area contributed by atoms with Crippen molar-refractivity contribution in [1.82, 2.24) is 18.6 Å². The van der Waals surface area contributed by atoms with Gasteiger partial charge in [-0.2, -0.15) is 17.0 Å². The van der Waals surface area contributed by atoms with Gasteiger partial charge in [0.1, 0.15) is 6.04 Å². The normalized spacial score (nSPS) is 21.6. The Morgan fingerprint density at radius 3 is 2.56 bits per heavy atom. The van der Waals surface area contributed by atoms with Gasteiger partial charge in [-0.3, -0.25) is 4.98 Å². The molecule has 0 aliphatic carbocycles. The Hall–Kier alpha value is -2.22. The van der Waals surface area contributed by atoms with Crippen LogP contribution in [0.5, 0.6) is 0 Å². The predicted octanol–water partition coefficient (Wildman–Crippen LogP) is 2.85. The van der Waals surface area contributed by atoms with E-state index in [-0.39, 0.29) is 0 Å². The molecular weight excluding hydrogens is 360 g/mol. The maximum Gasteiger partial charge on any atom is 0.282 e. The fourth-order valence-corrected chi connectivity index (χ4v) is 6.19. The van der Waals surface area contributed by atoms with E-state index in [4.69, 9.17) is 0 Å². The summed E-state index contributed by atoms with van der Waals surface area (Å²) in [7, 11) is -3.53. The van der Waals surface area contributed by atoms with E-state index < -0.39 is 16.3 Å². The predicted molar refractivity (Wildman–Crippen MR) is 105 cm³/mol. The van der Waals surface area contributed by atoms with E-state index in [0.717, 1.165) is 29.7 Å². The first-order valence-electron chi connectivity index (χ1n) is 9.43. The fourth-order valence-electron chi connectivity index (χ4n) is 4.37. The molecule has 0 saturated carbocycles. The highest BCUT2D eigenvalue weighted by Crippen LogP contribution is 2.40. The molecule has 1 atom stereocenters. The number of benzene rings is 1. The van der Waals surface area contributed by atoms with Crippen molar-refractivity contribution in [2.24, 2.45) is 0 Å². The SMILES string of the molecule is O=S(=O)(N1CCCC1)N1CCc2c([nH]c3ccccc23)[C@H]1c1ccccn1. The van der Waals surface area contributed by atoms with E-state index in [1.807, 2.05) is 36.4 Å². The number of aromatic nitrogens is 2. The van der Waals surface area contributed by atoms with Crippen molar-refractivity contribution in [2.75, 3.05) is 19.6 Å². The van der Waals surface area contributed by atoms with Gasteiger partial charge < -0.3 is 4.98 Å². The molecule has 2 aromatic heterocycles. The first-order valence-corrected chi connectivity index (χ1v) is 10.8. The van der Waals surface area contributed by atoms with Gasteiger partial charge in [0.15, 0.2) is 0 Å². The maximum atomic E-state index is 13.4. The highest BCUT2D eigenvalue weighted by molar-refractivity contribution is 7.86. The number of hydrogen-bond acceptors (Lipinski definition) is 3. The summed E-state index contributed by atoms with van der Waals surface area (Å²) in [5.41, 5.74) is 3.95. The third-order valence-corrected chi connectivity index (χ3v) is 7.65. The third-order valence-electron chi connectivity index (χ3n) is 5.65. The van der Waals surface area contributed by atoms with Crippen LogP contribution >= 0.6 is 0 Å². The van der Waals surface area contributed by atoms with Gasteiger partial charge in [-0.05, 0) is 43.0 Å². The molecule has 2 aliphatic heterocycles. The lowest BCUT2D eigenvalue weighted by Gasteiger charge is -2.36. The summed E-state index contributed by atoms with van der Waals surface area (Å²) in [6.07, 6.45) is 4.29. The van der Waals surface area contributed by atoms with Crippen LogP contribution in [-0.4, -0.2) is 46.6 Å². The van der Waals surface area contributed by atoms with Crippen LogP contribution in [0.15, 0.2) is 48.7 Å². The number of para-hydroxylation sites is 1. The first kappa shape index (κ1) is 16.9. The second-order valence-electron chi connectivity index (χ2n) is 7.19. The molecule has 6 nitrogen and oxygen atoms in total. The van der Waals surface area contributed by atoms with Crippen LogP contribution < -0.4 is 0 Å². The molecule has 27 heavy (non-hydrogen) atoms. The lowest BCUT2D eigenvalue weighted by molar-refractivity contribution is 0.304. The summed E-state index contributed by atoms with van der Waals surface area (Å²) < 4.78 is 30.1. The molecule has 1 saturated heterocycles. The van der Waals surface area contributed by atoms with Crippen LogP contribution in [0.4, 0.5) is 0 Å². The van der Waals surface area contributed by atoms with Gasteiger partial charge >= 0.3 is 0 Å². The van der Waals surface area contributed by atoms with Crippen LogP contribution in [-0.2, 0) is 16.6 Å². The van der Waals surface area contributed by atoms with Crippen molar-refractivity contribution in [2.45, 2.75) is 25.3 Å². The van der Waals surface area contributed by atoms with Gasteiger partial charge in [0, 0.05) is 42.4 Å². The minimum atomic E-state index is -3.53. The quantitative estimate of drug-likeness (QED) is 0.757. The number of aromatic amines is 1.